The Labute approximate surface area is 456 Å². The molecule has 0 aromatic carbocycles. The van der Waals surface area contributed by atoms with Crippen molar-refractivity contribution in [3.8, 4) is 0 Å². The molecule has 1 saturated heterocycles. The van der Waals surface area contributed by atoms with Gasteiger partial charge in [0.1, 0.15) is 36.6 Å². The molecule has 8 N–H and O–H groups in total. The van der Waals surface area contributed by atoms with E-state index in [0.717, 1.165) is 38.5 Å². The lowest BCUT2D eigenvalue weighted by Crippen LogP contribution is -2.60. The zero-order chi connectivity index (χ0) is 54.0. The molecule has 0 bridgehead atoms. The molecule has 0 radical (unpaired) electrons. The van der Waals surface area contributed by atoms with E-state index in [1.165, 1.54) is 250 Å². The highest BCUT2D eigenvalue weighted by molar-refractivity contribution is 5.80. The summed E-state index contributed by atoms with van der Waals surface area (Å²) in [4.78, 5) is 13.2. The molecule has 11 heteroatoms. The fraction of sp³-hybridized carbons (Fsp3) is 0.984. The van der Waals surface area contributed by atoms with Crippen LogP contribution in [0.5, 0.6) is 0 Å². The zero-order valence-electron chi connectivity index (χ0n) is 48.6. The fourth-order valence-corrected chi connectivity index (χ4v) is 10.9. The first-order chi connectivity index (χ1) is 36.2. The Hall–Kier alpha value is -0.890. The van der Waals surface area contributed by atoms with Crippen LogP contribution in [0.25, 0.3) is 0 Å². The molecule has 1 amide bonds. The van der Waals surface area contributed by atoms with E-state index >= 15 is 0 Å². The quantitative estimate of drug-likeness (QED) is 0.0272. The molecule has 0 aliphatic carbocycles. The summed E-state index contributed by atoms with van der Waals surface area (Å²) in [6, 6.07) is -1.16. The highest BCUT2D eigenvalue weighted by Gasteiger charge is 2.44. The molecule has 0 aromatic heterocycles. The van der Waals surface area contributed by atoms with E-state index in [1.807, 2.05) is 0 Å². The van der Waals surface area contributed by atoms with Crippen LogP contribution in [0.15, 0.2) is 0 Å². The minimum absolute atomic E-state index is 0.267. The third-order valence-corrected chi connectivity index (χ3v) is 16.2. The van der Waals surface area contributed by atoms with Gasteiger partial charge in [-0.15, -0.1) is 0 Å². The number of amides is 1. The molecule has 0 spiro atoms. The van der Waals surface area contributed by atoms with Crippen molar-refractivity contribution < 1.29 is 50.0 Å². The number of aliphatic hydroxyl groups is 7. The Morgan fingerprint density at radius 3 is 1.00 bits per heavy atom. The van der Waals surface area contributed by atoms with Crippen molar-refractivity contribution in [2.75, 3.05) is 13.2 Å². The van der Waals surface area contributed by atoms with Crippen LogP contribution in [-0.2, 0) is 14.3 Å². The Morgan fingerprint density at radius 1 is 0.419 bits per heavy atom. The number of hydrogen-bond acceptors (Lipinski definition) is 10. The molecule has 9 atom stereocenters. The van der Waals surface area contributed by atoms with Gasteiger partial charge in [0.25, 0.3) is 0 Å². The minimum Gasteiger partial charge on any atom is -0.394 e. The van der Waals surface area contributed by atoms with E-state index in [1.54, 1.807) is 0 Å². The number of nitrogens with one attached hydrogen (secondary N) is 1. The Bertz CT molecular complexity index is 1160. The zero-order valence-corrected chi connectivity index (χ0v) is 48.6. The lowest BCUT2D eigenvalue weighted by molar-refractivity contribution is -0.303. The third-order valence-electron chi connectivity index (χ3n) is 16.2. The largest absolute Gasteiger partial charge is 0.394 e. The average Bonchev–Trinajstić information content (AvgIpc) is 3.40. The lowest BCUT2D eigenvalue weighted by Gasteiger charge is -2.40. The Morgan fingerprint density at radius 2 is 0.703 bits per heavy atom. The van der Waals surface area contributed by atoms with Crippen LogP contribution in [-0.4, -0.2) is 110 Å². The molecule has 1 aliphatic rings. The summed E-state index contributed by atoms with van der Waals surface area (Å²) in [6.45, 7) is 3.49. The summed E-state index contributed by atoms with van der Waals surface area (Å²) in [7, 11) is 0. The molecule has 1 heterocycles. The summed E-state index contributed by atoms with van der Waals surface area (Å²) < 4.78 is 11.1. The molecule has 1 fully saturated rings. The maximum atomic E-state index is 13.2. The van der Waals surface area contributed by atoms with Gasteiger partial charge in [0, 0.05) is 0 Å². The van der Waals surface area contributed by atoms with E-state index in [4.69, 9.17) is 9.47 Å². The van der Waals surface area contributed by atoms with Crippen LogP contribution >= 0.6 is 0 Å². The van der Waals surface area contributed by atoms with Gasteiger partial charge < -0.3 is 50.5 Å². The number of ether oxygens (including phenoxy) is 2. The van der Waals surface area contributed by atoms with Crippen LogP contribution in [0.4, 0.5) is 0 Å². The SMILES string of the molecule is CCCCCCCCCCCCCCCCCCCCCCCCCCCCCCCCCCCCC(O)C(=O)NC(COC1OC(CO)C(O)C(O)C1O)C(O)C(O)CCCCCCCCCCCCCCC. The number of hydrogen-bond donors (Lipinski definition) is 8. The van der Waals surface area contributed by atoms with Gasteiger partial charge >= 0.3 is 0 Å². The maximum Gasteiger partial charge on any atom is 0.249 e. The molecule has 1 rings (SSSR count). The predicted molar refractivity (Wildman–Crippen MR) is 307 cm³/mol. The second-order valence-electron chi connectivity index (χ2n) is 23.2. The van der Waals surface area contributed by atoms with Crippen LogP contribution in [0.1, 0.15) is 328 Å². The number of aliphatic hydroxyl groups excluding tert-OH is 7. The number of unbranched alkanes of at least 4 members (excludes halogenated alkanes) is 45. The van der Waals surface area contributed by atoms with Crippen LogP contribution in [0.3, 0.4) is 0 Å². The molecule has 442 valence electrons. The highest BCUT2D eigenvalue weighted by Crippen LogP contribution is 2.24. The van der Waals surface area contributed by atoms with Crippen molar-refractivity contribution in [3.63, 3.8) is 0 Å². The summed E-state index contributed by atoms with van der Waals surface area (Å²) in [5.74, 6) is -0.689. The van der Waals surface area contributed by atoms with E-state index in [9.17, 15) is 40.5 Å². The molecule has 0 aromatic rings. The average molecular weight is 1060 g/mol. The predicted octanol–water partition coefficient (Wildman–Crippen LogP) is 14.5. The van der Waals surface area contributed by atoms with E-state index < -0.39 is 74.2 Å². The molecular formula is C63H125NO10. The minimum atomic E-state index is -1.66. The molecule has 74 heavy (non-hydrogen) atoms. The van der Waals surface area contributed by atoms with Crippen molar-refractivity contribution in [2.24, 2.45) is 0 Å². The van der Waals surface area contributed by atoms with Crippen LogP contribution in [0, 0.1) is 0 Å². The Kier molecular flexibility index (Phi) is 50.7. The summed E-state index contributed by atoms with van der Waals surface area (Å²) in [6.07, 6.45) is 50.5. The van der Waals surface area contributed by atoms with Gasteiger partial charge in [-0.2, -0.15) is 0 Å². The first-order valence-electron chi connectivity index (χ1n) is 32.4. The summed E-state index contributed by atoms with van der Waals surface area (Å²) >= 11 is 0. The van der Waals surface area contributed by atoms with Crippen LogP contribution in [0.2, 0.25) is 0 Å². The van der Waals surface area contributed by atoms with Gasteiger partial charge in [0.05, 0.1) is 25.4 Å². The van der Waals surface area contributed by atoms with E-state index in [2.05, 4.69) is 19.2 Å². The molecular weight excluding hydrogens is 931 g/mol. The van der Waals surface area contributed by atoms with Gasteiger partial charge in [-0.3, -0.25) is 4.79 Å². The van der Waals surface area contributed by atoms with Gasteiger partial charge in [0.2, 0.25) is 5.91 Å². The second kappa shape index (κ2) is 52.8. The first-order valence-corrected chi connectivity index (χ1v) is 32.4. The van der Waals surface area contributed by atoms with Crippen LogP contribution < -0.4 is 5.32 Å². The Balaban J connectivity index is 2.12. The molecule has 11 nitrogen and oxygen atoms in total. The molecule has 0 saturated carbocycles. The highest BCUT2D eigenvalue weighted by atomic mass is 16.7. The second-order valence-corrected chi connectivity index (χ2v) is 23.2. The normalized spacial score (nSPS) is 19.7. The van der Waals surface area contributed by atoms with Crippen molar-refractivity contribution in [3.05, 3.63) is 0 Å². The topological polar surface area (TPSA) is 189 Å². The van der Waals surface area contributed by atoms with Crippen molar-refractivity contribution in [2.45, 2.75) is 384 Å². The molecule has 1 aliphatic heterocycles. The maximum absolute atomic E-state index is 13.2. The van der Waals surface area contributed by atoms with Crippen molar-refractivity contribution in [1.29, 1.82) is 0 Å². The van der Waals surface area contributed by atoms with Gasteiger partial charge in [0.15, 0.2) is 6.29 Å². The summed E-state index contributed by atoms with van der Waals surface area (Å²) in [5.41, 5.74) is 0. The standard InChI is InChI=1S/C63H125NO10/c1-3-5-7-9-11-13-15-17-18-19-20-21-22-23-24-25-26-27-28-29-30-31-32-33-34-35-36-37-39-41-43-45-47-49-51-56(67)62(72)64-54(53-73-63-61(71)60(70)59(69)57(52-65)74-63)58(68)55(66)50-48-46-44-42-40-38-16-14-12-10-8-6-4-2/h54-61,63,65-71H,3-53H2,1-2H3,(H,64,72). The van der Waals surface area contributed by atoms with E-state index in [-0.39, 0.29) is 6.42 Å². The smallest absolute Gasteiger partial charge is 0.249 e. The summed E-state index contributed by atoms with van der Waals surface area (Å²) in [5, 5.41) is 76.1. The monoisotopic (exact) mass is 1060 g/mol. The number of rotatable bonds is 57. The van der Waals surface area contributed by atoms with E-state index in [0.29, 0.717) is 19.3 Å². The van der Waals surface area contributed by atoms with Gasteiger partial charge in [-0.25, -0.2) is 0 Å². The lowest BCUT2D eigenvalue weighted by atomic mass is 9.98. The number of carbonyl (C=O) groups is 1. The van der Waals surface area contributed by atoms with Gasteiger partial charge in [-0.1, -0.05) is 316 Å². The molecule has 9 unspecified atom stereocenters. The van der Waals surface area contributed by atoms with Gasteiger partial charge in [-0.05, 0) is 12.8 Å². The third kappa shape index (κ3) is 40.3. The number of carbonyl (C=O) groups excluding carboxylic acids is 1. The fourth-order valence-electron chi connectivity index (χ4n) is 10.9. The van der Waals surface area contributed by atoms with Crippen molar-refractivity contribution >= 4 is 5.91 Å². The van der Waals surface area contributed by atoms with Crippen molar-refractivity contribution in [1.82, 2.24) is 5.32 Å². The first kappa shape index (κ1) is 71.1.